The zero-order valence-electron chi connectivity index (χ0n) is 63.1. The number of alkyl carbamates (subject to hydrolysis) is 2. The van der Waals surface area contributed by atoms with E-state index in [4.69, 9.17) is 14.0 Å². The summed E-state index contributed by atoms with van der Waals surface area (Å²) in [4.78, 5) is 143. The molecule has 8 rings (SSSR count). The highest BCUT2D eigenvalue weighted by Crippen LogP contribution is 2.47. The van der Waals surface area contributed by atoms with Crippen LogP contribution in [0, 0.1) is 41.2 Å². The van der Waals surface area contributed by atoms with Crippen LogP contribution >= 0.6 is 7.82 Å². The molecule has 5 aromatic rings. The number of aromatic nitrogens is 4. The molecular formula is C73H87F10N12O18P. The van der Waals surface area contributed by atoms with Crippen LogP contribution in [0.4, 0.5) is 59.4 Å². The fourth-order valence-corrected chi connectivity index (χ4v) is 14.0. The molecule has 622 valence electrons. The number of esters is 1. The first kappa shape index (κ1) is 89.4. The topological polar surface area (TPSA) is 394 Å². The molecule has 5 heterocycles. The largest absolute Gasteiger partial charge is 0.524 e. The molecule has 3 unspecified atom stereocenters. The number of nitrogens with zero attached hydrogens (tertiary/aromatic N) is 7. The van der Waals surface area contributed by atoms with Gasteiger partial charge in [-0.2, -0.15) is 40.2 Å². The summed E-state index contributed by atoms with van der Waals surface area (Å²) < 4.78 is 192. The second-order valence-electron chi connectivity index (χ2n) is 29.6. The van der Waals surface area contributed by atoms with Gasteiger partial charge < -0.3 is 59.9 Å². The number of amides is 5. The standard InChI is InChI=1S/C73H87F10N12O18P/c1-39-23-44(28-56(96)86-45(29-58(99)100)11-10-12-57(97)98)60(54(24-39)113-114(106,107)108)69(2,3)30-59(101)112-55(36-93(91-64(103)62(89-68(105)110-9)71(6,7)73(81,82)83)35-49-50(74)26-43(27-51(49)75)52-21-22-94(90-52)65(76)77)53(87-63(102)61(88-67(104)109-8)70(4,5)72(78,79)80)25-41-16-13-40(14-17-41)15-18-42-31-84-66(85-32-42)92-33-46-19-20-47(34-92)95(46)48-37-111-38-48/h13-14,16-17,21-24,26-27,31-32,45-48,53,55,61-62,65H,10-12,19-20,25,28-30,33-38H2,1-9H3,(H,86,96)(H,87,102)(H,88,104)(H,89,105)(H,91,103)(H,97,98)(H,99,100)(H2,106,107,108)/t45?,46?,47?,53-,55-,61+,62+/m0/s1. The first-order valence-corrected chi connectivity index (χ1v) is 37.0. The maximum Gasteiger partial charge on any atom is 0.524 e. The van der Waals surface area contributed by atoms with Crippen LogP contribution in [0.1, 0.15) is 132 Å². The number of phosphoric ester groups is 1. The lowest BCUT2D eigenvalue weighted by atomic mass is 9.77. The Morgan fingerprint density at radius 1 is 0.746 bits per heavy atom. The van der Waals surface area contributed by atoms with Gasteiger partial charge in [-0.05, 0) is 120 Å². The van der Waals surface area contributed by atoms with Gasteiger partial charge in [0.25, 0.3) is 5.91 Å². The molecule has 0 spiro atoms. The van der Waals surface area contributed by atoms with Crippen LogP contribution in [-0.2, 0) is 77.1 Å². The Kier molecular flexibility index (Phi) is 29.0. The number of phosphoric acid groups is 1. The Labute approximate surface area is 646 Å². The summed E-state index contributed by atoms with van der Waals surface area (Å²) in [5.41, 5.74) is -8.22. The van der Waals surface area contributed by atoms with Crippen LogP contribution in [0.3, 0.4) is 0 Å². The number of hydrazine groups is 1. The summed E-state index contributed by atoms with van der Waals surface area (Å²) in [6.07, 6.45) is -14.7. The van der Waals surface area contributed by atoms with E-state index >= 15 is 44.7 Å². The van der Waals surface area contributed by atoms with E-state index in [0.717, 1.165) is 38.3 Å². The predicted molar refractivity (Wildman–Crippen MR) is 382 cm³/mol. The van der Waals surface area contributed by atoms with E-state index in [0.29, 0.717) is 108 Å². The van der Waals surface area contributed by atoms with Crippen molar-refractivity contribution in [1.82, 2.24) is 56.4 Å². The maximum absolute atomic E-state index is 16.9. The molecule has 3 aliphatic rings. The molecule has 3 aromatic carbocycles. The summed E-state index contributed by atoms with van der Waals surface area (Å²) in [6, 6.07) is 2.20. The quantitative estimate of drug-likeness (QED) is 0.00465. The third-order valence-electron chi connectivity index (χ3n) is 19.8. The number of carbonyl (C=O) groups excluding carboxylic acids is 6. The summed E-state index contributed by atoms with van der Waals surface area (Å²) in [6.45, 7) is 2.50. The molecule has 2 bridgehead atoms. The van der Waals surface area contributed by atoms with Gasteiger partial charge in [-0.15, -0.1) is 0 Å². The number of benzene rings is 3. The number of methoxy groups -OCH3 is 2. The number of aliphatic carboxylic acids is 2. The Morgan fingerprint density at radius 2 is 1.32 bits per heavy atom. The SMILES string of the molecule is COC(=O)N[C@H](C(=O)N[C@@H](Cc1ccc(C#Cc2cnc(N3CC4CCC(C3)N4C3COC3)nc2)cc1)[C@H](CN(Cc1c(F)cc(-c2ccn(C(F)F)n2)cc1F)NC(=O)[C@@H](NC(=O)OC)C(C)(C)C(F)(F)F)OC(=O)CC(C)(C)c1c(CC(=O)NC(CCCC(=O)O)CC(=O)O)cc(C)cc1OP(=O)(O)O)C(C)(C)C(F)(F)F. The minimum atomic E-state index is -5.64. The van der Waals surface area contributed by atoms with Gasteiger partial charge in [-0.1, -0.05) is 43.9 Å². The fourth-order valence-electron chi connectivity index (χ4n) is 13.6. The number of rotatable bonds is 34. The van der Waals surface area contributed by atoms with Gasteiger partial charge in [0.1, 0.15) is 35.6 Å². The molecule has 2 aromatic heterocycles. The smallest absolute Gasteiger partial charge is 0.481 e. The molecule has 0 aliphatic carbocycles. The fraction of sp³-hybridized carbons (Fsp3) is 0.521. The minimum absolute atomic E-state index is 0.0625. The molecule has 3 fully saturated rings. The lowest BCUT2D eigenvalue weighted by Gasteiger charge is -2.47. The van der Waals surface area contributed by atoms with Gasteiger partial charge in [0, 0.05) is 90.4 Å². The Morgan fingerprint density at radius 3 is 1.82 bits per heavy atom. The Hall–Kier alpha value is -10.2. The van der Waals surface area contributed by atoms with Gasteiger partial charge in [-0.3, -0.25) is 48.9 Å². The Bertz CT molecular complexity index is 4400. The van der Waals surface area contributed by atoms with Crippen molar-refractivity contribution in [2.45, 2.75) is 186 Å². The number of hydrogen-bond donors (Lipinski definition) is 9. The van der Waals surface area contributed by atoms with Crippen molar-refractivity contribution < 1.29 is 130 Å². The lowest BCUT2D eigenvalue weighted by Crippen LogP contribution is -2.64. The highest BCUT2D eigenvalue weighted by Gasteiger charge is 2.58. The number of ether oxygens (including phenoxy) is 4. The van der Waals surface area contributed by atoms with Gasteiger partial charge in [0.15, 0.2) is 0 Å². The number of hydrogen-bond acceptors (Lipinski definition) is 20. The molecule has 7 atom stereocenters. The number of piperazine rings is 1. The molecule has 30 nitrogen and oxygen atoms in total. The average molecular weight is 1640 g/mol. The summed E-state index contributed by atoms with van der Waals surface area (Å²) in [5.74, 6) is -6.19. The monoisotopic (exact) mass is 1640 g/mol. The molecule has 0 radical (unpaired) electrons. The number of halogens is 10. The van der Waals surface area contributed by atoms with E-state index in [1.807, 2.05) is 5.32 Å². The number of carboxylic acids is 2. The van der Waals surface area contributed by atoms with Crippen molar-refractivity contribution in [3.63, 3.8) is 0 Å². The van der Waals surface area contributed by atoms with E-state index in [9.17, 15) is 62.1 Å². The molecule has 5 amide bonds. The number of anilines is 1. The molecule has 114 heavy (non-hydrogen) atoms. The summed E-state index contributed by atoms with van der Waals surface area (Å²) >= 11 is 0. The number of carbonyl (C=O) groups is 8. The van der Waals surface area contributed by atoms with Gasteiger partial charge in [0.2, 0.25) is 17.8 Å². The molecule has 41 heteroatoms. The third kappa shape index (κ3) is 23.3. The number of fused-ring (bicyclic) bond motifs is 2. The van der Waals surface area contributed by atoms with E-state index in [1.165, 1.54) is 63.5 Å². The number of carboxylic acid groups (broad SMARTS) is 2. The summed E-state index contributed by atoms with van der Waals surface area (Å²) in [7, 11) is -4.19. The zero-order chi connectivity index (χ0) is 84.3. The normalized spacial score (nSPS) is 16.9. The third-order valence-corrected chi connectivity index (χ3v) is 20.2. The second-order valence-corrected chi connectivity index (χ2v) is 30.7. The highest BCUT2D eigenvalue weighted by atomic mass is 31.2. The van der Waals surface area contributed by atoms with Crippen molar-refractivity contribution in [3.8, 4) is 28.8 Å². The van der Waals surface area contributed by atoms with Gasteiger partial charge in [-0.25, -0.2) is 42.6 Å². The van der Waals surface area contributed by atoms with Crippen LogP contribution in [-0.4, -0.2) is 205 Å². The van der Waals surface area contributed by atoms with E-state index in [-0.39, 0.29) is 45.3 Å². The van der Waals surface area contributed by atoms with E-state index in [2.05, 4.69) is 62.2 Å². The van der Waals surface area contributed by atoms with E-state index < -0.39 is 200 Å². The van der Waals surface area contributed by atoms with Crippen molar-refractivity contribution in [2.75, 3.05) is 52.0 Å². The van der Waals surface area contributed by atoms with Crippen LogP contribution in [0.5, 0.6) is 5.75 Å². The van der Waals surface area contributed by atoms with Gasteiger partial charge in [0.05, 0.1) is 87.4 Å². The van der Waals surface area contributed by atoms with Crippen LogP contribution in [0.15, 0.2) is 73.2 Å². The van der Waals surface area contributed by atoms with Crippen molar-refractivity contribution in [1.29, 1.82) is 0 Å². The minimum Gasteiger partial charge on any atom is -0.481 e. The maximum atomic E-state index is 16.9. The summed E-state index contributed by atoms with van der Waals surface area (Å²) in [5, 5.41) is 31.4. The first-order chi connectivity index (χ1) is 53.2. The van der Waals surface area contributed by atoms with Crippen LogP contribution < -0.4 is 36.1 Å². The lowest BCUT2D eigenvalue weighted by molar-refractivity contribution is -0.221. The number of aryl methyl sites for hydroxylation is 1. The molecule has 0 saturated carbocycles. The van der Waals surface area contributed by atoms with Crippen LogP contribution in [0.25, 0.3) is 11.3 Å². The molecule has 3 saturated heterocycles. The second kappa shape index (κ2) is 36.9. The molecule has 3 aliphatic heterocycles. The molecular weight excluding hydrogens is 1550 g/mol. The predicted octanol–water partition coefficient (Wildman–Crippen LogP) is 8.47. The number of alkyl halides is 8. The number of nitrogens with one attached hydrogen (secondary N) is 5. The van der Waals surface area contributed by atoms with E-state index in [1.54, 1.807) is 5.32 Å². The molecule has 9 N–H and O–H groups in total. The first-order valence-electron chi connectivity index (χ1n) is 35.5. The van der Waals surface area contributed by atoms with Gasteiger partial charge >= 0.3 is 56.8 Å². The Balaban J connectivity index is 1.27. The van der Waals surface area contributed by atoms with Crippen molar-refractivity contribution in [2.24, 2.45) is 10.8 Å². The van der Waals surface area contributed by atoms with Crippen molar-refractivity contribution in [3.05, 3.63) is 124 Å². The zero-order valence-corrected chi connectivity index (χ0v) is 64.0. The average Bonchev–Trinajstić information content (AvgIpc) is 1.37. The van der Waals surface area contributed by atoms with Crippen LogP contribution in [0.2, 0.25) is 0 Å². The highest BCUT2D eigenvalue weighted by molar-refractivity contribution is 7.46. The van der Waals surface area contributed by atoms with Crippen molar-refractivity contribution >= 4 is 61.6 Å².